The first-order valence-corrected chi connectivity index (χ1v) is 4.78. The van der Waals surface area contributed by atoms with E-state index in [4.69, 9.17) is 5.26 Å². The molecule has 16 heavy (non-hydrogen) atoms. The Morgan fingerprint density at radius 1 is 1.38 bits per heavy atom. The molecule has 0 fully saturated rings. The minimum Gasteiger partial charge on any atom is -0.323 e. The second kappa shape index (κ2) is 4.41. The first-order valence-electron chi connectivity index (χ1n) is 4.78. The van der Waals surface area contributed by atoms with Crippen LogP contribution in [-0.2, 0) is 4.79 Å². The van der Waals surface area contributed by atoms with Gasteiger partial charge in [0.2, 0.25) is 0 Å². The summed E-state index contributed by atoms with van der Waals surface area (Å²) < 4.78 is 1.72. The lowest BCUT2D eigenvalue weighted by atomic mass is 10.1. The Balaban J connectivity index is 2.35. The minimum atomic E-state index is -0.379. The maximum absolute atomic E-state index is 11.0. The molecular weight excluding hydrogens is 202 g/mol. The summed E-state index contributed by atoms with van der Waals surface area (Å²) in [5, 5.41) is 8.67. The van der Waals surface area contributed by atoms with Gasteiger partial charge in [-0.25, -0.2) is 4.98 Å². The quantitative estimate of drug-likeness (QED) is 0.723. The van der Waals surface area contributed by atoms with Crippen LogP contribution in [0.15, 0.2) is 43.0 Å². The van der Waals surface area contributed by atoms with Gasteiger partial charge in [0.05, 0.1) is 18.0 Å². The first-order chi connectivity index (χ1) is 7.85. The molecule has 0 bridgehead atoms. The zero-order valence-electron chi connectivity index (χ0n) is 8.45. The summed E-state index contributed by atoms with van der Waals surface area (Å²) in [6.07, 6.45) is 5.80. The van der Waals surface area contributed by atoms with Gasteiger partial charge in [-0.3, -0.25) is 0 Å². The average Bonchev–Trinajstić information content (AvgIpc) is 2.85. The maximum Gasteiger partial charge on any atom is 0.147 e. The number of nitrogens with zero attached hydrogens (tertiary/aromatic N) is 3. The summed E-state index contributed by atoms with van der Waals surface area (Å²) in [6, 6.07) is 8.60. The standard InChI is InChI=1S/C12H9N3O/c13-7-10-1-3-11(4-2-10)12(8-16)15-6-5-14-9-15/h1-6,8-9,12H. The van der Waals surface area contributed by atoms with Crippen molar-refractivity contribution in [2.75, 3.05) is 0 Å². The molecule has 1 aromatic carbocycles. The van der Waals surface area contributed by atoms with Crippen LogP contribution in [0.3, 0.4) is 0 Å². The number of aldehydes is 1. The van der Waals surface area contributed by atoms with Gasteiger partial charge < -0.3 is 9.36 Å². The van der Waals surface area contributed by atoms with E-state index in [0.717, 1.165) is 11.8 Å². The second-order valence-corrected chi connectivity index (χ2v) is 3.32. The van der Waals surface area contributed by atoms with Gasteiger partial charge in [-0.15, -0.1) is 0 Å². The molecule has 78 valence electrons. The fraction of sp³-hybridized carbons (Fsp3) is 0.0833. The molecule has 1 heterocycles. The number of carbonyl (C=O) groups is 1. The lowest BCUT2D eigenvalue weighted by molar-refractivity contribution is -0.109. The van der Waals surface area contributed by atoms with Crippen LogP contribution in [0.1, 0.15) is 17.2 Å². The van der Waals surface area contributed by atoms with E-state index in [-0.39, 0.29) is 6.04 Å². The number of rotatable bonds is 3. The molecule has 0 radical (unpaired) electrons. The Labute approximate surface area is 92.8 Å². The van der Waals surface area contributed by atoms with Crippen molar-refractivity contribution in [1.29, 1.82) is 5.26 Å². The molecule has 0 N–H and O–H groups in total. The van der Waals surface area contributed by atoms with E-state index >= 15 is 0 Å². The predicted molar refractivity (Wildman–Crippen MR) is 57.6 cm³/mol. The smallest absolute Gasteiger partial charge is 0.147 e. The van der Waals surface area contributed by atoms with Gasteiger partial charge in [0.15, 0.2) is 0 Å². The highest BCUT2D eigenvalue weighted by molar-refractivity contribution is 5.62. The highest BCUT2D eigenvalue weighted by atomic mass is 16.1. The van der Waals surface area contributed by atoms with Gasteiger partial charge in [-0.05, 0) is 17.7 Å². The van der Waals surface area contributed by atoms with E-state index in [1.54, 1.807) is 47.6 Å². The summed E-state index contributed by atoms with van der Waals surface area (Å²) >= 11 is 0. The molecule has 0 saturated heterocycles. The number of imidazole rings is 1. The lowest BCUT2D eigenvalue weighted by Gasteiger charge is -2.11. The Morgan fingerprint density at radius 2 is 2.12 bits per heavy atom. The molecule has 0 spiro atoms. The van der Waals surface area contributed by atoms with Crippen molar-refractivity contribution >= 4 is 6.29 Å². The molecule has 1 unspecified atom stereocenters. The number of carbonyl (C=O) groups excluding carboxylic acids is 1. The number of hydrogen-bond donors (Lipinski definition) is 0. The molecule has 2 rings (SSSR count). The third kappa shape index (κ3) is 1.84. The molecule has 2 aromatic rings. The van der Waals surface area contributed by atoms with Crippen LogP contribution in [0.2, 0.25) is 0 Å². The SMILES string of the molecule is N#Cc1ccc(C(C=O)n2ccnc2)cc1. The lowest BCUT2D eigenvalue weighted by Crippen LogP contribution is -2.09. The molecule has 0 aliphatic rings. The number of benzene rings is 1. The molecule has 1 aromatic heterocycles. The highest BCUT2D eigenvalue weighted by Gasteiger charge is 2.11. The zero-order valence-corrected chi connectivity index (χ0v) is 8.45. The molecule has 1 atom stereocenters. The van der Waals surface area contributed by atoms with Crippen LogP contribution in [0.4, 0.5) is 0 Å². The van der Waals surface area contributed by atoms with E-state index in [0.29, 0.717) is 5.56 Å². The van der Waals surface area contributed by atoms with Crippen LogP contribution in [0, 0.1) is 11.3 Å². The van der Waals surface area contributed by atoms with Gasteiger partial charge in [0, 0.05) is 12.4 Å². The van der Waals surface area contributed by atoms with E-state index in [2.05, 4.69) is 4.98 Å². The van der Waals surface area contributed by atoms with Crippen molar-refractivity contribution in [3.63, 3.8) is 0 Å². The van der Waals surface area contributed by atoms with E-state index in [1.807, 2.05) is 6.07 Å². The van der Waals surface area contributed by atoms with Crippen LogP contribution in [-0.4, -0.2) is 15.8 Å². The first kappa shape index (κ1) is 10.1. The summed E-state index contributed by atoms with van der Waals surface area (Å²) in [7, 11) is 0. The summed E-state index contributed by atoms with van der Waals surface area (Å²) in [5.74, 6) is 0. The molecular formula is C12H9N3O. The van der Waals surface area contributed by atoms with Crippen molar-refractivity contribution in [2.24, 2.45) is 0 Å². The highest BCUT2D eigenvalue weighted by Crippen LogP contribution is 2.16. The zero-order chi connectivity index (χ0) is 11.4. The Morgan fingerprint density at radius 3 is 2.62 bits per heavy atom. The van der Waals surface area contributed by atoms with E-state index in [9.17, 15) is 4.79 Å². The second-order valence-electron chi connectivity index (χ2n) is 3.32. The number of aromatic nitrogens is 2. The van der Waals surface area contributed by atoms with Crippen molar-refractivity contribution in [3.8, 4) is 6.07 Å². The molecule has 0 saturated carbocycles. The summed E-state index contributed by atoms with van der Waals surface area (Å²) in [5.41, 5.74) is 1.42. The molecule has 4 heteroatoms. The topological polar surface area (TPSA) is 58.7 Å². The maximum atomic E-state index is 11.0. The van der Waals surface area contributed by atoms with Gasteiger partial charge >= 0.3 is 0 Å². The van der Waals surface area contributed by atoms with Gasteiger partial charge in [0.25, 0.3) is 0 Å². The van der Waals surface area contributed by atoms with Crippen LogP contribution >= 0.6 is 0 Å². The van der Waals surface area contributed by atoms with E-state index < -0.39 is 0 Å². The molecule has 4 nitrogen and oxygen atoms in total. The summed E-state index contributed by atoms with van der Waals surface area (Å²) in [6.45, 7) is 0. The van der Waals surface area contributed by atoms with Gasteiger partial charge in [-0.2, -0.15) is 5.26 Å². The Kier molecular flexibility index (Phi) is 2.79. The van der Waals surface area contributed by atoms with Crippen molar-refractivity contribution in [2.45, 2.75) is 6.04 Å². The third-order valence-electron chi connectivity index (χ3n) is 2.36. The third-order valence-corrected chi connectivity index (χ3v) is 2.36. The van der Waals surface area contributed by atoms with Crippen molar-refractivity contribution < 1.29 is 4.79 Å². The summed E-state index contributed by atoms with van der Waals surface area (Å²) in [4.78, 5) is 14.9. The molecule has 0 amide bonds. The number of nitriles is 1. The normalized spacial score (nSPS) is 11.7. The van der Waals surface area contributed by atoms with Crippen molar-refractivity contribution in [3.05, 3.63) is 54.1 Å². The Bertz CT molecular complexity index is 508. The average molecular weight is 211 g/mol. The molecule has 0 aliphatic heterocycles. The number of hydrogen-bond acceptors (Lipinski definition) is 3. The van der Waals surface area contributed by atoms with Gasteiger partial charge in [-0.1, -0.05) is 12.1 Å². The van der Waals surface area contributed by atoms with Gasteiger partial charge in [0.1, 0.15) is 12.3 Å². The largest absolute Gasteiger partial charge is 0.323 e. The minimum absolute atomic E-state index is 0.379. The Hall–Kier alpha value is -2.41. The molecule has 0 aliphatic carbocycles. The van der Waals surface area contributed by atoms with Crippen LogP contribution in [0.5, 0.6) is 0 Å². The van der Waals surface area contributed by atoms with Crippen molar-refractivity contribution in [1.82, 2.24) is 9.55 Å². The fourth-order valence-electron chi connectivity index (χ4n) is 1.51. The van der Waals surface area contributed by atoms with Crippen LogP contribution < -0.4 is 0 Å². The van der Waals surface area contributed by atoms with E-state index in [1.165, 1.54) is 0 Å². The monoisotopic (exact) mass is 211 g/mol. The predicted octanol–water partition coefficient (Wildman–Crippen LogP) is 1.54. The van der Waals surface area contributed by atoms with Crippen LogP contribution in [0.25, 0.3) is 0 Å². The fourth-order valence-corrected chi connectivity index (χ4v) is 1.51.